The van der Waals surface area contributed by atoms with E-state index in [1.54, 1.807) is 0 Å². The minimum absolute atomic E-state index is 0.447. The van der Waals surface area contributed by atoms with Gasteiger partial charge in [-0.15, -0.1) is 0 Å². The molecular weight excluding hydrogens is 356 g/mol. The van der Waals surface area contributed by atoms with E-state index in [0.717, 1.165) is 42.1 Å². The molecule has 0 atom stereocenters. The van der Waals surface area contributed by atoms with Crippen LogP contribution in [0.3, 0.4) is 0 Å². The summed E-state index contributed by atoms with van der Waals surface area (Å²) in [7, 11) is 0. The van der Waals surface area contributed by atoms with Crippen molar-refractivity contribution in [1.82, 2.24) is 20.4 Å². The molecule has 0 saturated heterocycles. The second kappa shape index (κ2) is 6.96. The van der Waals surface area contributed by atoms with Gasteiger partial charge in [0.05, 0.1) is 6.42 Å². The lowest BCUT2D eigenvalue weighted by Crippen LogP contribution is -2.46. The first kappa shape index (κ1) is 18.5. The van der Waals surface area contributed by atoms with Gasteiger partial charge in [-0.2, -0.15) is 4.98 Å². The van der Waals surface area contributed by atoms with E-state index in [1.165, 1.54) is 0 Å². The monoisotopic (exact) mass is 382 g/mol. The smallest absolute Gasteiger partial charge is 0.408 e. The van der Waals surface area contributed by atoms with E-state index in [2.05, 4.69) is 26.5 Å². The number of aromatic nitrogens is 3. The summed E-state index contributed by atoms with van der Waals surface area (Å²) in [6.45, 7) is 5.55. The van der Waals surface area contributed by atoms with Gasteiger partial charge in [0.2, 0.25) is 5.89 Å². The van der Waals surface area contributed by atoms with Gasteiger partial charge < -0.3 is 19.6 Å². The van der Waals surface area contributed by atoms with Gasteiger partial charge in [-0.25, -0.2) is 4.79 Å². The molecule has 0 aliphatic heterocycles. The molecule has 0 radical (unpaired) electrons. The molecule has 7 nitrogen and oxygen atoms in total. The van der Waals surface area contributed by atoms with Crippen LogP contribution in [0.1, 0.15) is 63.7 Å². The normalized spacial score (nSPS) is 16.4. The van der Waals surface area contributed by atoms with Gasteiger partial charge in [-0.1, -0.05) is 36.2 Å². The van der Waals surface area contributed by atoms with E-state index < -0.39 is 17.2 Å². The summed E-state index contributed by atoms with van der Waals surface area (Å²) in [5.41, 5.74) is 1.01. The third-order valence-electron chi connectivity index (χ3n) is 5.11. The van der Waals surface area contributed by atoms with Gasteiger partial charge in [0.25, 0.3) is 0 Å². The summed E-state index contributed by atoms with van der Waals surface area (Å²) in [5, 5.41) is 8.37. The number of hydrogen-bond acceptors (Lipinski definition) is 5. The van der Waals surface area contributed by atoms with Crippen molar-refractivity contribution < 1.29 is 14.1 Å². The number of benzene rings is 1. The van der Waals surface area contributed by atoms with Gasteiger partial charge in [-0.05, 0) is 45.2 Å². The number of nitrogens with zero attached hydrogens (tertiary/aromatic N) is 2. The number of aromatic amines is 1. The van der Waals surface area contributed by atoms with Crippen LogP contribution in [-0.4, -0.2) is 26.8 Å². The Morgan fingerprint density at radius 3 is 2.79 bits per heavy atom. The van der Waals surface area contributed by atoms with Crippen molar-refractivity contribution in [1.29, 1.82) is 0 Å². The average Bonchev–Trinajstić information content (AvgIpc) is 3.34. The molecule has 1 aromatic carbocycles. The molecule has 1 aliphatic carbocycles. The fraction of sp³-hybridized carbons (Fsp3) is 0.476. The number of nitrogens with one attached hydrogen (secondary N) is 2. The summed E-state index contributed by atoms with van der Waals surface area (Å²) >= 11 is 0. The number of hydrogen-bond donors (Lipinski definition) is 2. The predicted molar refractivity (Wildman–Crippen MR) is 105 cm³/mol. The summed E-state index contributed by atoms with van der Waals surface area (Å²) in [6.07, 6.45) is 5.62. The molecule has 1 aliphatic rings. The van der Waals surface area contributed by atoms with Gasteiger partial charge in [-0.3, -0.25) is 0 Å². The summed E-state index contributed by atoms with van der Waals surface area (Å²) in [4.78, 5) is 20.3. The highest BCUT2D eigenvalue weighted by molar-refractivity contribution is 5.83. The van der Waals surface area contributed by atoms with Gasteiger partial charge in [0.15, 0.2) is 5.82 Å². The molecule has 4 rings (SSSR count). The van der Waals surface area contributed by atoms with Crippen molar-refractivity contribution in [3.05, 3.63) is 47.7 Å². The molecule has 1 amide bonds. The molecule has 0 bridgehead atoms. The molecule has 0 unspecified atom stereocenters. The number of para-hydroxylation sites is 1. The fourth-order valence-electron chi connectivity index (χ4n) is 3.84. The van der Waals surface area contributed by atoms with E-state index >= 15 is 0 Å². The first-order chi connectivity index (χ1) is 13.3. The van der Waals surface area contributed by atoms with Crippen LogP contribution in [0, 0.1) is 0 Å². The van der Waals surface area contributed by atoms with Crippen molar-refractivity contribution in [3.63, 3.8) is 0 Å². The lowest BCUT2D eigenvalue weighted by molar-refractivity contribution is 0.0446. The molecule has 3 aromatic rings. The van der Waals surface area contributed by atoms with Crippen molar-refractivity contribution in [2.24, 2.45) is 0 Å². The van der Waals surface area contributed by atoms with Crippen molar-refractivity contribution in [2.45, 2.75) is 64.0 Å². The number of carbonyl (C=O) groups excluding carboxylic acids is 1. The molecule has 148 valence electrons. The zero-order valence-corrected chi connectivity index (χ0v) is 16.5. The van der Waals surface area contributed by atoms with E-state index in [9.17, 15) is 4.79 Å². The Morgan fingerprint density at radius 2 is 2.04 bits per heavy atom. The Kier molecular flexibility index (Phi) is 4.61. The van der Waals surface area contributed by atoms with Crippen LogP contribution in [0.4, 0.5) is 4.79 Å². The number of ether oxygens (including phenoxy) is 1. The fourth-order valence-corrected chi connectivity index (χ4v) is 3.84. The third kappa shape index (κ3) is 3.74. The summed E-state index contributed by atoms with van der Waals surface area (Å²) < 4.78 is 11.0. The number of rotatable bonds is 4. The predicted octanol–water partition coefficient (Wildman–Crippen LogP) is 4.44. The van der Waals surface area contributed by atoms with Crippen molar-refractivity contribution >= 4 is 17.0 Å². The molecule has 1 fully saturated rings. The van der Waals surface area contributed by atoms with Crippen molar-refractivity contribution in [3.8, 4) is 0 Å². The highest BCUT2D eigenvalue weighted by Gasteiger charge is 2.42. The zero-order valence-electron chi connectivity index (χ0n) is 16.5. The second-order valence-corrected chi connectivity index (χ2v) is 8.46. The lowest BCUT2D eigenvalue weighted by atomic mass is 9.97. The number of amides is 1. The largest absolute Gasteiger partial charge is 0.444 e. The molecule has 28 heavy (non-hydrogen) atoms. The Morgan fingerprint density at radius 1 is 1.29 bits per heavy atom. The molecular formula is C21H26N4O3. The van der Waals surface area contributed by atoms with Gasteiger partial charge in [0.1, 0.15) is 11.1 Å². The minimum atomic E-state index is -0.621. The number of alkyl carbamates (subject to hydrolysis) is 1. The Bertz CT molecular complexity index is 977. The van der Waals surface area contributed by atoms with E-state index in [1.807, 2.05) is 45.2 Å². The van der Waals surface area contributed by atoms with Crippen LogP contribution in [-0.2, 0) is 16.7 Å². The maximum absolute atomic E-state index is 12.4. The van der Waals surface area contributed by atoms with Crippen LogP contribution < -0.4 is 5.32 Å². The van der Waals surface area contributed by atoms with Crippen LogP contribution in [0.25, 0.3) is 10.9 Å². The molecule has 2 aromatic heterocycles. The van der Waals surface area contributed by atoms with E-state index in [4.69, 9.17) is 9.26 Å². The second-order valence-electron chi connectivity index (χ2n) is 8.46. The van der Waals surface area contributed by atoms with Gasteiger partial charge in [0, 0.05) is 17.1 Å². The topological polar surface area (TPSA) is 93.0 Å². The highest BCUT2D eigenvalue weighted by Crippen LogP contribution is 2.37. The van der Waals surface area contributed by atoms with E-state index in [-0.39, 0.29) is 0 Å². The summed E-state index contributed by atoms with van der Waals surface area (Å²) in [6, 6.07) is 8.12. The highest BCUT2D eigenvalue weighted by atomic mass is 16.6. The standard InChI is InChI=1S/C21H26N4O3/c1-20(2,3)27-19(26)24-21(10-6-7-11-21)18-23-17(28-25-18)12-14-13-22-16-9-5-4-8-15(14)16/h4-5,8-9,13,22H,6-7,10-12H2,1-3H3,(H,24,26). The third-order valence-corrected chi connectivity index (χ3v) is 5.11. The zero-order chi connectivity index (χ0) is 19.8. The van der Waals surface area contributed by atoms with Crippen LogP contribution >= 0.6 is 0 Å². The lowest BCUT2D eigenvalue weighted by Gasteiger charge is -2.28. The van der Waals surface area contributed by atoms with Gasteiger partial charge >= 0.3 is 6.09 Å². The Balaban J connectivity index is 1.55. The Hall–Kier alpha value is -2.83. The molecule has 1 saturated carbocycles. The Labute approximate surface area is 163 Å². The maximum Gasteiger partial charge on any atom is 0.408 e. The maximum atomic E-state index is 12.4. The average molecular weight is 382 g/mol. The molecule has 0 spiro atoms. The van der Waals surface area contributed by atoms with Crippen molar-refractivity contribution in [2.75, 3.05) is 0 Å². The molecule has 2 N–H and O–H groups in total. The number of carbonyl (C=O) groups is 1. The molecule has 2 heterocycles. The van der Waals surface area contributed by atoms with Crippen LogP contribution in [0.5, 0.6) is 0 Å². The SMILES string of the molecule is CC(C)(C)OC(=O)NC1(c2noc(Cc3c[nH]c4ccccc34)n2)CCCC1. The number of fused-ring (bicyclic) bond motifs is 1. The summed E-state index contributed by atoms with van der Waals surface area (Å²) in [5.74, 6) is 1.07. The quantitative estimate of drug-likeness (QED) is 0.696. The first-order valence-electron chi connectivity index (χ1n) is 9.74. The minimum Gasteiger partial charge on any atom is -0.444 e. The van der Waals surface area contributed by atoms with Crippen LogP contribution in [0.15, 0.2) is 35.0 Å². The first-order valence-corrected chi connectivity index (χ1v) is 9.74. The molecule has 7 heteroatoms. The number of H-pyrrole nitrogens is 1. The van der Waals surface area contributed by atoms with E-state index in [0.29, 0.717) is 18.1 Å². The van der Waals surface area contributed by atoms with Crippen LogP contribution in [0.2, 0.25) is 0 Å².